The van der Waals surface area contributed by atoms with Gasteiger partial charge in [0.1, 0.15) is 5.75 Å². The summed E-state index contributed by atoms with van der Waals surface area (Å²) >= 11 is 6.02. The molecule has 0 spiro atoms. The van der Waals surface area contributed by atoms with Crippen LogP contribution in [-0.2, 0) is 9.59 Å². The Labute approximate surface area is 145 Å². The second-order valence-corrected chi connectivity index (χ2v) is 5.42. The third kappa shape index (κ3) is 5.17. The minimum absolute atomic E-state index is 0.0766. The first-order chi connectivity index (χ1) is 11.5. The Balaban J connectivity index is 1.91. The van der Waals surface area contributed by atoms with Crippen LogP contribution in [0.1, 0.15) is 6.92 Å². The van der Waals surface area contributed by atoms with Crippen LogP contribution in [0, 0.1) is 0 Å². The Morgan fingerprint density at radius 1 is 1.04 bits per heavy atom. The summed E-state index contributed by atoms with van der Waals surface area (Å²) in [6.45, 7) is 1.51. The Kier molecular flexibility index (Phi) is 6.03. The number of halogens is 1. The molecule has 0 heterocycles. The zero-order chi connectivity index (χ0) is 17.5. The number of hydrogen-bond donors (Lipinski definition) is 3. The molecule has 24 heavy (non-hydrogen) atoms. The standard InChI is InChI=1S/C17H18ClN3O3/c1-11(22)20-13-5-3-4-12(8-13)19-10-17(23)21-14-6-7-16(24-2)15(18)9-14/h3-9,19H,10H2,1-2H3,(H,20,22)(H,21,23). The molecule has 3 N–H and O–H groups in total. The summed E-state index contributed by atoms with van der Waals surface area (Å²) in [7, 11) is 1.53. The normalized spacial score (nSPS) is 9.96. The SMILES string of the molecule is COc1ccc(NC(=O)CNc2cccc(NC(C)=O)c2)cc1Cl. The number of hydrogen-bond acceptors (Lipinski definition) is 4. The van der Waals surface area contributed by atoms with Crippen LogP contribution in [-0.4, -0.2) is 25.5 Å². The summed E-state index contributed by atoms with van der Waals surface area (Å²) in [6.07, 6.45) is 0. The van der Waals surface area contributed by atoms with Crippen molar-refractivity contribution in [2.24, 2.45) is 0 Å². The topological polar surface area (TPSA) is 79.5 Å². The number of methoxy groups -OCH3 is 1. The van der Waals surface area contributed by atoms with E-state index in [0.29, 0.717) is 22.1 Å². The average Bonchev–Trinajstić information content (AvgIpc) is 2.53. The quantitative estimate of drug-likeness (QED) is 0.748. The van der Waals surface area contributed by atoms with Crippen molar-refractivity contribution < 1.29 is 14.3 Å². The fraction of sp³-hybridized carbons (Fsp3) is 0.176. The third-order valence-corrected chi connectivity index (χ3v) is 3.37. The van der Waals surface area contributed by atoms with Crippen molar-refractivity contribution in [1.82, 2.24) is 0 Å². The zero-order valence-electron chi connectivity index (χ0n) is 13.4. The van der Waals surface area contributed by atoms with Crippen LogP contribution in [0.4, 0.5) is 17.1 Å². The molecule has 0 aliphatic heterocycles. The Morgan fingerprint density at radius 2 is 1.75 bits per heavy atom. The summed E-state index contributed by atoms with van der Waals surface area (Å²) in [6, 6.07) is 12.1. The molecule has 6 nitrogen and oxygen atoms in total. The van der Waals surface area contributed by atoms with E-state index in [4.69, 9.17) is 16.3 Å². The van der Waals surface area contributed by atoms with Crippen molar-refractivity contribution in [2.45, 2.75) is 6.92 Å². The maximum atomic E-state index is 12.0. The number of rotatable bonds is 6. The van der Waals surface area contributed by atoms with Crippen LogP contribution in [0.25, 0.3) is 0 Å². The van der Waals surface area contributed by atoms with Gasteiger partial charge in [0.05, 0.1) is 18.7 Å². The minimum atomic E-state index is -0.221. The van der Waals surface area contributed by atoms with Crippen LogP contribution < -0.4 is 20.7 Å². The number of carbonyl (C=O) groups excluding carboxylic acids is 2. The lowest BCUT2D eigenvalue weighted by molar-refractivity contribution is -0.115. The third-order valence-electron chi connectivity index (χ3n) is 3.07. The first-order valence-corrected chi connectivity index (χ1v) is 7.60. The van der Waals surface area contributed by atoms with Gasteiger partial charge in [-0.05, 0) is 36.4 Å². The number of anilines is 3. The molecular weight excluding hydrogens is 330 g/mol. The van der Waals surface area contributed by atoms with Gasteiger partial charge in [-0.25, -0.2) is 0 Å². The lowest BCUT2D eigenvalue weighted by Crippen LogP contribution is -2.21. The smallest absolute Gasteiger partial charge is 0.243 e. The van der Waals surface area contributed by atoms with Gasteiger partial charge < -0.3 is 20.7 Å². The molecule has 0 atom stereocenters. The van der Waals surface area contributed by atoms with Gasteiger partial charge in [-0.3, -0.25) is 9.59 Å². The lowest BCUT2D eigenvalue weighted by Gasteiger charge is -2.10. The highest BCUT2D eigenvalue weighted by Gasteiger charge is 2.06. The van der Waals surface area contributed by atoms with Gasteiger partial charge in [0, 0.05) is 24.0 Å². The summed E-state index contributed by atoms with van der Waals surface area (Å²) in [5.74, 6) is 0.171. The maximum Gasteiger partial charge on any atom is 0.243 e. The van der Waals surface area contributed by atoms with Crippen LogP contribution in [0.15, 0.2) is 42.5 Å². The molecule has 0 bridgehead atoms. The molecule has 0 saturated carbocycles. The molecular formula is C17H18ClN3O3. The predicted octanol–water partition coefficient (Wildman–Crippen LogP) is 3.36. The van der Waals surface area contributed by atoms with Crippen molar-refractivity contribution in [3.8, 4) is 5.75 Å². The zero-order valence-corrected chi connectivity index (χ0v) is 14.1. The van der Waals surface area contributed by atoms with E-state index in [1.807, 2.05) is 6.07 Å². The van der Waals surface area contributed by atoms with E-state index in [9.17, 15) is 9.59 Å². The van der Waals surface area contributed by atoms with Crippen LogP contribution in [0.2, 0.25) is 5.02 Å². The molecule has 2 rings (SSSR count). The van der Waals surface area contributed by atoms with Gasteiger partial charge in [0.15, 0.2) is 0 Å². The number of benzene rings is 2. The first kappa shape index (κ1) is 17.6. The highest BCUT2D eigenvalue weighted by Crippen LogP contribution is 2.27. The largest absolute Gasteiger partial charge is 0.495 e. The van der Waals surface area contributed by atoms with Crippen LogP contribution in [0.3, 0.4) is 0 Å². The van der Waals surface area contributed by atoms with E-state index >= 15 is 0 Å². The van der Waals surface area contributed by atoms with E-state index in [0.717, 1.165) is 5.69 Å². The van der Waals surface area contributed by atoms with E-state index in [2.05, 4.69) is 16.0 Å². The first-order valence-electron chi connectivity index (χ1n) is 7.23. The molecule has 0 aromatic heterocycles. The maximum absolute atomic E-state index is 12.0. The minimum Gasteiger partial charge on any atom is -0.495 e. The second kappa shape index (κ2) is 8.21. The van der Waals surface area contributed by atoms with Crippen molar-refractivity contribution in [1.29, 1.82) is 0 Å². The molecule has 0 saturated heterocycles. The number of carbonyl (C=O) groups is 2. The Hall–Kier alpha value is -2.73. The molecule has 126 valence electrons. The van der Waals surface area contributed by atoms with Crippen LogP contribution >= 0.6 is 11.6 Å². The number of ether oxygens (including phenoxy) is 1. The molecule has 2 aromatic rings. The molecule has 7 heteroatoms. The highest BCUT2D eigenvalue weighted by atomic mass is 35.5. The number of amides is 2. The number of nitrogens with one attached hydrogen (secondary N) is 3. The second-order valence-electron chi connectivity index (χ2n) is 5.01. The van der Waals surface area contributed by atoms with Crippen molar-refractivity contribution >= 4 is 40.5 Å². The Bertz CT molecular complexity index is 750. The van der Waals surface area contributed by atoms with Gasteiger partial charge in [-0.1, -0.05) is 17.7 Å². The average molecular weight is 348 g/mol. The van der Waals surface area contributed by atoms with E-state index in [-0.39, 0.29) is 18.4 Å². The Morgan fingerprint density at radius 3 is 2.42 bits per heavy atom. The van der Waals surface area contributed by atoms with Crippen molar-refractivity contribution in [3.05, 3.63) is 47.5 Å². The molecule has 0 aliphatic carbocycles. The van der Waals surface area contributed by atoms with Gasteiger partial charge in [0.25, 0.3) is 0 Å². The molecule has 0 radical (unpaired) electrons. The van der Waals surface area contributed by atoms with Gasteiger partial charge in [-0.2, -0.15) is 0 Å². The molecule has 0 fully saturated rings. The lowest BCUT2D eigenvalue weighted by atomic mass is 10.2. The summed E-state index contributed by atoms with van der Waals surface area (Å²) < 4.78 is 5.06. The summed E-state index contributed by atoms with van der Waals surface area (Å²) in [5, 5.41) is 8.84. The predicted molar refractivity (Wildman–Crippen MR) is 95.9 cm³/mol. The highest BCUT2D eigenvalue weighted by molar-refractivity contribution is 6.32. The molecule has 0 aliphatic rings. The summed E-state index contributed by atoms with van der Waals surface area (Å²) in [4.78, 5) is 23.0. The monoisotopic (exact) mass is 347 g/mol. The molecule has 0 unspecified atom stereocenters. The van der Waals surface area contributed by atoms with Gasteiger partial charge in [0.2, 0.25) is 11.8 Å². The molecule has 2 aromatic carbocycles. The van der Waals surface area contributed by atoms with Crippen LogP contribution in [0.5, 0.6) is 5.75 Å². The van der Waals surface area contributed by atoms with E-state index < -0.39 is 0 Å². The van der Waals surface area contributed by atoms with Crippen molar-refractivity contribution in [2.75, 3.05) is 29.6 Å². The molecule has 2 amide bonds. The fourth-order valence-corrected chi connectivity index (χ4v) is 2.30. The van der Waals surface area contributed by atoms with Gasteiger partial charge in [-0.15, -0.1) is 0 Å². The summed E-state index contributed by atoms with van der Waals surface area (Å²) in [5.41, 5.74) is 1.97. The van der Waals surface area contributed by atoms with Gasteiger partial charge >= 0.3 is 0 Å². The van der Waals surface area contributed by atoms with E-state index in [1.165, 1.54) is 14.0 Å². The fourth-order valence-electron chi connectivity index (χ4n) is 2.04. The van der Waals surface area contributed by atoms with Crippen molar-refractivity contribution in [3.63, 3.8) is 0 Å². The van der Waals surface area contributed by atoms with E-state index in [1.54, 1.807) is 36.4 Å².